The molecule has 0 radical (unpaired) electrons. The van der Waals surface area contributed by atoms with Gasteiger partial charge in [0.2, 0.25) is 0 Å². The van der Waals surface area contributed by atoms with Gasteiger partial charge >= 0.3 is 0 Å². The summed E-state index contributed by atoms with van der Waals surface area (Å²) in [7, 11) is 2.19. The van der Waals surface area contributed by atoms with E-state index in [9.17, 15) is 10.2 Å². The lowest BCUT2D eigenvalue weighted by molar-refractivity contribution is -0.0516. The molecule has 2 N–H and O–H groups in total. The highest BCUT2D eigenvalue weighted by Crippen LogP contribution is 2.64. The highest BCUT2D eigenvalue weighted by Gasteiger charge is 2.65. The van der Waals surface area contributed by atoms with Crippen LogP contribution in [0.25, 0.3) is 0 Å². The van der Waals surface area contributed by atoms with Crippen LogP contribution in [-0.4, -0.2) is 53.7 Å². The van der Waals surface area contributed by atoms with Gasteiger partial charge in [-0.2, -0.15) is 0 Å². The van der Waals surface area contributed by atoms with Crippen molar-refractivity contribution in [3.63, 3.8) is 0 Å². The van der Waals surface area contributed by atoms with Gasteiger partial charge in [0.05, 0.1) is 13.2 Å². The molecule has 6 nitrogen and oxygen atoms in total. The largest absolute Gasteiger partial charge is 0.482 e. The minimum absolute atomic E-state index is 0.0308. The number of ether oxygens (including phenoxy) is 3. The van der Waals surface area contributed by atoms with Gasteiger partial charge in [-0.25, -0.2) is 0 Å². The second-order valence-corrected chi connectivity index (χ2v) is 8.70. The van der Waals surface area contributed by atoms with Crippen molar-refractivity contribution in [1.82, 2.24) is 4.90 Å². The molecule has 6 heteroatoms. The van der Waals surface area contributed by atoms with Crippen molar-refractivity contribution in [3.8, 4) is 11.5 Å². The van der Waals surface area contributed by atoms with Crippen molar-refractivity contribution < 1.29 is 24.4 Å². The molecule has 0 aromatic heterocycles. The van der Waals surface area contributed by atoms with E-state index in [1.54, 1.807) is 0 Å². The molecule has 5 atom stereocenters. The van der Waals surface area contributed by atoms with Gasteiger partial charge in [0, 0.05) is 28.5 Å². The number of fused-ring (bicyclic) bond motifs is 2. The van der Waals surface area contributed by atoms with Crippen LogP contribution in [0.5, 0.6) is 11.5 Å². The summed E-state index contributed by atoms with van der Waals surface area (Å²) in [6, 6.07) is 0.347. The summed E-state index contributed by atoms with van der Waals surface area (Å²) in [4.78, 5) is 2.43. The Hall–Kier alpha value is -1.60. The van der Waals surface area contributed by atoms with Crippen molar-refractivity contribution in [1.29, 1.82) is 0 Å². The predicted octanol–water partition coefficient (Wildman–Crippen LogP) is 1.24. The van der Waals surface area contributed by atoms with E-state index in [0.717, 1.165) is 41.8 Å². The molecule has 2 bridgehead atoms. The van der Waals surface area contributed by atoms with Crippen molar-refractivity contribution in [3.05, 3.63) is 33.9 Å². The molecule has 1 aromatic carbocycles. The number of likely N-dealkylation sites (N-methyl/N-ethyl adjacent to an activating group) is 1. The van der Waals surface area contributed by atoms with Gasteiger partial charge in [-0.1, -0.05) is 6.08 Å². The molecular weight excluding hydrogens is 346 g/mol. The lowest BCUT2D eigenvalue weighted by Gasteiger charge is -2.57. The number of aliphatic hydroxyl groups is 2. The zero-order chi connectivity index (χ0) is 18.5. The first-order valence-corrected chi connectivity index (χ1v) is 9.83. The van der Waals surface area contributed by atoms with Gasteiger partial charge in [-0.15, -0.1) is 0 Å². The molecule has 0 saturated carbocycles. The van der Waals surface area contributed by atoms with Gasteiger partial charge in [0.25, 0.3) is 0 Å². The summed E-state index contributed by atoms with van der Waals surface area (Å²) >= 11 is 0. The summed E-state index contributed by atoms with van der Waals surface area (Å²) in [6.45, 7) is 3.58. The maximum Gasteiger partial charge on any atom is 0.189 e. The van der Waals surface area contributed by atoms with Crippen LogP contribution in [0.15, 0.2) is 11.6 Å². The summed E-state index contributed by atoms with van der Waals surface area (Å²) < 4.78 is 17.9. The van der Waals surface area contributed by atoms with E-state index in [1.165, 1.54) is 11.1 Å². The molecule has 1 saturated heterocycles. The average Bonchev–Trinajstić information content (AvgIpc) is 3.02. The van der Waals surface area contributed by atoms with Crippen molar-refractivity contribution in [2.45, 2.75) is 56.6 Å². The number of rotatable bonds is 1. The number of hydrogen-bond acceptors (Lipinski definition) is 6. The number of benzene rings is 1. The first-order valence-electron chi connectivity index (χ1n) is 9.83. The molecule has 27 heavy (non-hydrogen) atoms. The third kappa shape index (κ3) is 1.76. The molecule has 3 aliphatic heterocycles. The fourth-order valence-corrected chi connectivity index (χ4v) is 6.46. The van der Waals surface area contributed by atoms with E-state index in [4.69, 9.17) is 14.2 Å². The second kappa shape index (κ2) is 5.26. The zero-order valence-corrected chi connectivity index (χ0v) is 15.7. The quantitative estimate of drug-likeness (QED) is 0.724. The monoisotopic (exact) mass is 371 g/mol. The molecule has 2 aliphatic carbocycles. The van der Waals surface area contributed by atoms with Crippen LogP contribution in [0, 0.1) is 5.92 Å². The Bertz CT molecular complexity index is 880. The number of nitrogens with zero attached hydrogens (tertiary/aromatic N) is 1. The standard InChI is InChI=1S/C21H25NO5/c1-10-5-14-15-6-11-12(7-23)13-8-25-9-26-18(13)19-16(11)21(14,3-4-22(15)2)20(27-19)17(10)24/h5,14-15,17,20,23-24H,3-4,6-9H2,1-2H3/t14-,15-,17-,20-,21-/m0/s1. The van der Waals surface area contributed by atoms with E-state index in [0.29, 0.717) is 24.3 Å². The van der Waals surface area contributed by atoms with E-state index in [-0.39, 0.29) is 24.9 Å². The van der Waals surface area contributed by atoms with Crippen LogP contribution in [0.2, 0.25) is 0 Å². The Morgan fingerprint density at radius 3 is 2.96 bits per heavy atom. The molecule has 5 aliphatic rings. The average molecular weight is 371 g/mol. The summed E-state index contributed by atoms with van der Waals surface area (Å²) in [5, 5.41) is 21.3. The van der Waals surface area contributed by atoms with Gasteiger partial charge in [0.15, 0.2) is 18.3 Å². The molecule has 0 unspecified atom stereocenters. The van der Waals surface area contributed by atoms with Crippen LogP contribution < -0.4 is 9.47 Å². The van der Waals surface area contributed by atoms with Crippen LogP contribution in [0.4, 0.5) is 0 Å². The molecule has 6 rings (SSSR count). The Kier molecular flexibility index (Phi) is 3.19. The minimum Gasteiger partial charge on any atom is -0.482 e. The number of piperidine rings is 1. The van der Waals surface area contributed by atoms with E-state index >= 15 is 0 Å². The van der Waals surface area contributed by atoms with E-state index in [1.807, 2.05) is 6.92 Å². The van der Waals surface area contributed by atoms with Crippen LogP contribution in [0.1, 0.15) is 35.6 Å². The Labute approximate surface area is 158 Å². The van der Waals surface area contributed by atoms with Gasteiger partial charge < -0.3 is 29.3 Å². The molecule has 3 heterocycles. The summed E-state index contributed by atoms with van der Waals surface area (Å²) in [5.74, 6) is 1.82. The minimum atomic E-state index is -0.614. The van der Waals surface area contributed by atoms with E-state index < -0.39 is 6.10 Å². The fourth-order valence-electron chi connectivity index (χ4n) is 6.46. The number of likely N-dealkylation sites (tertiary alicyclic amines) is 1. The zero-order valence-electron chi connectivity index (χ0n) is 15.7. The molecule has 1 spiro atoms. The normalized spacial score (nSPS) is 38.4. The predicted molar refractivity (Wildman–Crippen MR) is 96.7 cm³/mol. The Morgan fingerprint density at radius 1 is 1.30 bits per heavy atom. The van der Waals surface area contributed by atoms with Crippen LogP contribution >= 0.6 is 0 Å². The first kappa shape index (κ1) is 16.4. The Morgan fingerprint density at radius 2 is 2.15 bits per heavy atom. The second-order valence-electron chi connectivity index (χ2n) is 8.70. The van der Waals surface area contributed by atoms with Crippen LogP contribution in [-0.2, 0) is 29.8 Å². The smallest absolute Gasteiger partial charge is 0.189 e. The van der Waals surface area contributed by atoms with Crippen molar-refractivity contribution in [2.75, 3.05) is 20.4 Å². The third-order valence-corrected chi connectivity index (χ3v) is 7.71. The number of hydrogen-bond donors (Lipinski definition) is 2. The van der Waals surface area contributed by atoms with Crippen molar-refractivity contribution >= 4 is 0 Å². The maximum atomic E-state index is 11.0. The summed E-state index contributed by atoms with van der Waals surface area (Å²) in [5.41, 5.74) is 4.99. The lowest BCUT2D eigenvalue weighted by atomic mass is 9.52. The fraction of sp³-hybridized carbons (Fsp3) is 0.619. The summed E-state index contributed by atoms with van der Waals surface area (Å²) in [6.07, 6.45) is 3.20. The van der Waals surface area contributed by atoms with Gasteiger partial charge in [0.1, 0.15) is 12.2 Å². The molecular formula is C21H25NO5. The number of aliphatic hydroxyl groups excluding tert-OH is 2. The SMILES string of the molecule is CC1=C[C@H]2[C@@H]3Cc4c(CO)c5c(c6c4[C@@]2(CCN3C)[C@@H](O6)[C@H]1O)OCOC5. The third-order valence-electron chi connectivity index (χ3n) is 7.71. The lowest BCUT2D eigenvalue weighted by Crippen LogP contribution is -2.65. The highest BCUT2D eigenvalue weighted by atomic mass is 16.7. The maximum absolute atomic E-state index is 11.0. The topological polar surface area (TPSA) is 71.4 Å². The first-order chi connectivity index (χ1) is 13.1. The van der Waals surface area contributed by atoms with Gasteiger partial charge in [-0.05, 0) is 50.1 Å². The van der Waals surface area contributed by atoms with Gasteiger partial charge in [-0.3, -0.25) is 0 Å². The highest BCUT2D eigenvalue weighted by molar-refractivity contribution is 5.68. The van der Waals surface area contributed by atoms with E-state index in [2.05, 4.69) is 18.0 Å². The molecule has 144 valence electrons. The Balaban J connectivity index is 1.70. The van der Waals surface area contributed by atoms with Crippen LogP contribution in [0.3, 0.4) is 0 Å². The molecule has 1 aromatic rings. The van der Waals surface area contributed by atoms with Crippen molar-refractivity contribution in [2.24, 2.45) is 5.92 Å². The molecule has 1 fully saturated rings. The molecule has 0 amide bonds.